The monoisotopic (exact) mass is 536 g/mol. The number of hydrogen-bond donors (Lipinski definition) is 1. The normalized spacial score (nSPS) is 40.6. The molecule has 37 heavy (non-hydrogen) atoms. The second kappa shape index (κ2) is 11.6. The Labute approximate surface area is 226 Å². The van der Waals surface area contributed by atoms with Crippen LogP contribution in [0.4, 0.5) is 0 Å². The fourth-order valence-corrected chi connectivity index (χ4v) is 10.6. The lowest BCUT2D eigenvalue weighted by molar-refractivity contribution is -0.404. The Bertz CT molecular complexity index is 888. The molecule has 0 aliphatic heterocycles. The van der Waals surface area contributed by atoms with Crippen molar-refractivity contribution in [3.05, 3.63) is 11.6 Å². The van der Waals surface area contributed by atoms with Crippen molar-refractivity contribution >= 4 is 13.9 Å². The van der Waals surface area contributed by atoms with Crippen molar-refractivity contribution < 1.29 is 24.1 Å². The molecule has 0 aromatic heterocycles. The largest absolute Gasteiger partial charge is 0.347 e. The van der Waals surface area contributed by atoms with E-state index in [0.717, 1.165) is 61.1 Å². The first-order valence-corrected chi connectivity index (χ1v) is 17.3. The zero-order chi connectivity index (χ0) is 27.0. The molecule has 4 rings (SSSR count). The van der Waals surface area contributed by atoms with Crippen LogP contribution in [0.15, 0.2) is 11.6 Å². The average Bonchev–Trinajstić information content (AvgIpc) is 3.19. The molecule has 0 radical (unpaired) electrons. The van der Waals surface area contributed by atoms with Gasteiger partial charge in [-0.15, -0.1) is 0 Å². The van der Waals surface area contributed by atoms with E-state index < -0.39 is 13.6 Å². The lowest BCUT2D eigenvalue weighted by atomic mass is 9.47. The maximum absolute atomic E-state index is 12.9. The van der Waals surface area contributed by atoms with Gasteiger partial charge in [0.15, 0.2) is 12.3 Å². The van der Waals surface area contributed by atoms with E-state index >= 15 is 0 Å². The van der Waals surface area contributed by atoms with E-state index in [4.69, 9.17) is 9.05 Å². The Balaban J connectivity index is 1.40. The number of aldehydes is 1. The van der Waals surface area contributed by atoms with Crippen molar-refractivity contribution in [1.29, 1.82) is 0 Å². The molecule has 10 atom stereocenters. The standard InChI is InChI=1S/C31H54NO4P/c1-21(2)8-7-9-22(3)27-12-13-28-26-11-10-23-18-25(36-37(6,34)35-20-24(32)19-33)14-16-30(23,4)29(26)15-17-31(27,28)5/h10,19,21-22,24-29H,7-9,11-18,20,32H2,1-6H3/p+1. The Hall–Kier alpha value is -0.480. The fraction of sp³-hybridized carbons (Fsp3) is 0.903. The first kappa shape index (κ1) is 29.5. The van der Waals surface area contributed by atoms with Crippen LogP contribution in [0, 0.1) is 46.3 Å². The lowest BCUT2D eigenvalue weighted by Gasteiger charge is -2.58. The number of fused-ring (bicyclic) bond motifs is 5. The number of allylic oxidation sites excluding steroid dienone is 1. The number of carbonyl (C=O) groups excluding carboxylic acids is 1. The van der Waals surface area contributed by atoms with E-state index in [1.54, 1.807) is 0 Å². The first-order chi connectivity index (χ1) is 17.4. The molecule has 0 saturated heterocycles. The highest BCUT2D eigenvalue weighted by molar-refractivity contribution is 7.53. The molecule has 6 heteroatoms. The molecule has 0 heterocycles. The molecule has 4 aliphatic carbocycles. The molecule has 3 saturated carbocycles. The molecule has 0 aromatic carbocycles. The van der Waals surface area contributed by atoms with Gasteiger partial charge < -0.3 is 14.8 Å². The van der Waals surface area contributed by atoms with Gasteiger partial charge in [0.05, 0.1) is 6.10 Å². The summed E-state index contributed by atoms with van der Waals surface area (Å²) in [5.41, 5.74) is 5.99. The van der Waals surface area contributed by atoms with Crippen LogP contribution in [0.25, 0.3) is 0 Å². The van der Waals surface area contributed by atoms with Crippen molar-refractivity contribution in [3.63, 3.8) is 0 Å². The van der Waals surface area contributed by atoms with Gasteiger partial charge in [-0.1, -0.05) is 65.5 Å². The van der Waals surface area contributed by atoms with E-state index in [0.29, 0.717) is 5.41 Å². The van der Waals surface area contributed by atoms with Gasteiger partial charge in [-0.2, -0.15) is 0 Å². The molecular formula is C31H55NO4P+. The summed E-state index contributed by atoms with van der Waals surface area (Å²) in [4.78, 5) is 10.8. The first-order valence-electron chi connectivity index (χ1n) is 15.3. The van der Waals surface area contributed by atoms with E-state index in [9.17, 15) is 9.36 Å². The van der Waals surface area contributed by atoms with E-state index in [-0.39, 0.29) is 18.1 Å². The van der Waals surface area contributed by atoms with Crippen molar-refractivity contribution in [1.82, 2.24) is 0 Å². The second-order valence-electron chi connectivity index (χ2n) is 14.2. The van der Waals surface area contributed by atoms with Crippen LogP contribution in [0.1, 0.15) is 105 Å². The Morgan fingerprint density at radius 2 is 1.86 bits per heavy atom. The molecule has 0 spiro atoms. The van der Waals surface area contributed by atoms with Crippen LogP contribution in [-0.2, 0) is 18.4 Å². The summed E-state index contributed by atoms with van der Waals surface area (Å²) >= 11 is 0. The van der Waals surface area contributed by atoms with Gasteiger partial charge in [-0.3, -0.25) is 9.36 Å². The van der Waals surface area contributed by atoms with Crippen LogP contribution >= 0.6 is 7.60 Å². The minimum Gasteiger partial charge on any atom is -0.347 e. The third-order valence-corrected chi connectivity index (χ3v) is 12.6. The van der Waals surface area contributed by atoms with Gasteiger partial charge in [-0.05, 0) is 97.7 Å². The third-order valence-electron chi connectivity index (χ3n) is 11.3. The van der Waals surface area contributed by atoms with Crippen LogP contribution in [0.3, 0.4) is 0 Å². The minimum atomic E-state index is -3.21. The Kier molecular flexibility index (Phi) is 9.21. The number of rotatable bonds is 11. The van der Waals surface area contributed by atoms with Gasteiger partial charge in [0, 0.05) is 6.66 Å². The topological polar surface area (TPSA) is 80.2 Å². The highest BCUT2D eigenvalue weighted by Gasteiger charge is 2.59. The zero-order valence-electron chi connectivity index (χ0n) is 24.5. The lowest BCUT2D eigenvalue weighted by Crippen LogP contribution is -2.64. The van der Waals surface area contributed by atoms with Gasteiger partial charge in [-0.25, -0.2) is 0 Å². The molecule has 0 amide bonds. The van der Waals surface area contributed by atoms with Gasteiger partial charge in [0.1, 0.15) is 6.61 Å². The zero-order valence-corrected chi connectivity index (χ0v) is 25.4. The van der Waals surface area contributed by atoms with Gasteiger partial charge >= 0.3 is 7.60 Å². The maximum atomic E-state index is 12.9. The summed E-state index contributed by atoms with van der Waals surface area (Å²) in [6, 6.07) is -0.514. The number of carbonyl (C=O) groups is 1. The van der Waals surface area contributed by atoms with E-state index in [1.807, 2.05) is 0 Å². The molecular weight excluding hydrogens is 481 g/mol. The number of quaternary nitrogens is 1. The molecule has 4 aliphatic rings. The molecule has 0 aromatic rings. The summed E-state index contributed by atoms with van der Waals surface area (Å²) in [6.45, 7) is 14.0. The average molecular weight is 537 g/mol. The summed E-state index contributed by atoms with van der Waals surface area (Å²) < 4.78 is 24.4. The molecule has 5 nitrogen and oxygen atoms in total. The predicted molar refractivity (Wildman–Crippen MR) is 150 cm³/mol. The van der Waals surface area contributed by atoms with Crippen molar-refractivity contribution in [2.45, 2.75) is 117 Å². The minimum absolute atomic E-state index is 0.0473. The summed E-state index contributed by atoms with van der Waals surface area (Å²) in [6.07, 6.45) is 17.1. The molecule has 0 bridgehead atoms. The van der Waals surface area contributed by atoms with Crippen LogP contribution in [0.5, 0.6) is 0 Å². The highest BCUT2D eigenvalue weighted by Crippen LogP contribution is 2.67. The van der Waals surface area contributed by atoms with Gasteiger partial charge in [0.25, 0.3) is 0 Å². The highest BCUT2D eigenvalue weighted by atomic mass is 31.2. The SMILES string of the molecule is CC(C)CCCC(C)C1CCC2C3CC=C4CC(OP(C)(=O)OCC([NH3+])C=O)CCC4(C)C3CCC12C. The number of hydrogen-bond acceptors (Lipinski definition) is 4. The molecule has 10 unspecified atom stereocenters. The Morgan fingerprint density at radius 1 is 1.11 bits per heavy atom. The van der Waals surface area contributed by atoms with Gasteiger partial charge in [0.2, 0.25) is 0 Å². The summed E-state index contributed by atoms with van der Waals surface area (Å²) in [5.74, 6) is 5.01. The summed E-state index contributed by atoms with van der Waals surface area (Å²) in [7, 11) is -3.21. The van der Waals surface area contributed by atoms with Crippen LogP contribution in [-0.4, -0.2) is 31.7 Å². The Morgan fingerprint density at radius 3 is 2.57 bits per heavy atom. The third kappa shape index (κ3) is 6.16. The van der Waals surface area contributed by atoms with Crippen molar-refractivity contribution in [3.8, 4) is 0 Å². The van der Waals surface area contributed by atoms with E-state index in [2.05, 4.69) is 46.4 Å². The quantitative estimate of drug-likeness (QED) is 0.174. The second-order valence-corrected chi connectivity index (χ2v) is 16.2. The molecule has 3 fully saturated rings. The molecule has 3 N–H and O–H groups in total. The predicted octanol–water partition coefficient (Wildman–Crippen LogP) is 7.06. The van der Waals surface area contributed by atoms with Crippen LogP contribution < -0.4 is 5.73 Å². The smallest absolute Gasteiger partial charge is 0.328 e. The molecule has 212 valence electrons. The van der Waals surface area contributed by atoms with Crippen LogP contribution in [0.2, 0.25) is 0 Å². The summed E-state index contributed by atoms with van der Waals surface area (Å²) in [5, 5.41) is 0. The van der Waals surface area contributed by atoms with Crippen molar-refractivity contribution in [2.75, 3.05) is 13.3 Å². The maximum Gasteiger partial charge on any atom is 0.328 e. The fourth-order valence-electron chi connectivity index (χ4n) is 9.31. The van der Waals surface area contributed by atoms with E-state index in [1.165, 1.54) is 63.6 Å². The van der Waals surface area contributed by atoms with Crippen molar-refractivity contribution in [2.24, 2.45) is 46.3 Å².